The van der Waals surface area contributed by atoms with E-state index < -0.39 is 11.8 Å². The second-order valence-electron chi connectivity index (χ2n) is 9.55. The van der Waals surface area contributed by atoms with Crippen molar-refractivity contribution in [1.82, 2.24) is 19.7 Å². The lowest BCUT2D eigenvalue weighted by Gasteiger charge is -2.32. The third-order valence-corrected chi connectivity index (χ3v) is 6.81. The number of nitrogen functional groups attached to an aromatic ring is 1. The van der Waals surface area contributed by atoms with E-state index in [4.69, 9.17) is 10.5 Å². The van der Waals surface area contributed by atoms with Crippen LogP contribution in [0.3, 0.4) is 0 Å². The van der Waals surface area contributed by atoms with Crippen molar-refractivity contribution in [3.63, 3.8) is 0 Å². The van der Waals surface area contributed by atoms with E-state index >= 15 is 0 Å². The fourth-order valence-electron chi connectivity index (χ4n) is 4.25. The lowest BCUT2D eigenvalue weighted by molar-refractivity contribution is -0.145. The number of rotatable bonds is 6. The monoisotopic (exact) mass is 478 g/mol. The van der Waals surface area contributed by atoms with Gasteiger partial charge in [-0.25, -0.2) is 9.67 Å². The Morgan fingerprint density at radius 2 is 2.03 bits per heavy atom. The number of fused-ring (bicyclic) bond motifs is 1. The van der Waals surface area contributed by atoms with Gasteiger partial charge in [-0.3, -0.25) is 9.59 Å². The van der Waals surface area contributed by atoms with Gasteiger partial charge in [0.25, 0.3) is 0 Å². The molecule has 3 aromatic rings. The standard InChI is InChI=1S/C26H34N6O3/c1-16(2)18(4)31(14-19-10-6-5-9-17(19)3)26(34)25(33)29-21-13-28-24(27)20-15-32(30-23(20)21)22-11-7-8-12-35-22/h5-6,9-10,13,15-16,18,22H,7-8,11-12,14H2,1-4H3,(H2,27,28)(H,29,33)/t18-,22?/m1/s1. The maximum Gasteiger partial charge on any atom is 0.314 e. The molecule has 1 aromatic carbocycles. The average Bonchev–Trinajstić information content (AvgIpc) is 3.32. The molecule has 35 heavy (non-hydrogen) atoms. The van der Waals surface area contributed by atoms with Crippen molar-refractivity contribution in [2.75, 3.05) is 17.7 Å². The van der Waals surface area contributed by atoms with Crippen LogP contribution in [0.2, 0.25) is 0 Å². The fraction of sp³-hybridized carbons (Fsp3) is 0.462. The molecule has 2 aromatic heterocycles. The molecule has 0 saturated carbocycles. The zero-order valence-electron chi connectivity index (χ0n) is 20.8. The Hall–Kier alpha value is -3.46. The molecule has 1 unspecified atom stereocenters. The molecule has 0 radical (unpaired) electrons. The van der Waals surface area contributed by atoms with Crippen molar-refractivity contribution in [3.8, 4) is 0 Å². The van der Waals surface area contributed by atoms with Gasteiger partial charge in [-0.1, -0.05) is 38.1 Å². The van der Waals surface area contributed by atoms with E-state index in [1.54, 1.807) is 15.8 Å². The summed E-state index contributed by atoms with van der Waals surface area (Å²) in [7, 11) is 0. The topological polar surface area (TPSA) is 115 Å². The minimum absolute atomic E-state index is 0.139. The number of benzene rings is 1. The maximum absolute atomic E-state index is 13.4. The van der Waals surface area contributed by atoms with Crippen molar-refractivity contribution in [3.05, 3.63) is 47.8 Å². The van der Waals surface area contributed by atoms with Crippen LogP contribution in [0.5, 0.6) is 0 Å². The largest absolute Gasteiger partial charge is 0.383 e. The molecule has 9 nitrogen and oxygen atoms in total. The molecule has 1 fully saturated rings. The molecule has 186 valence electrons. The summed E-state index contributed by atoms with van der Waals surface area (Å²) < 4.78 is 7.56. The molecule has 1 aliphatic rings. The number of aromatic nitrogens is 3. The Kier molecular flexibility index (Phi) is 7.35. The number of nitrogens with one attached hydrogen (secondary N) is 1. The number of nitrogens with zero attached hydrogens (tertiary/aromatic N) is 4. The quantitative estimate of drug-likeness (QED) is 0.517. The Balaban J connectivity index is 1.59. The fourth-order valence-corrected chi connectivity index (χ4v) is 4.25. The molecule has 3 heterocycles. The van der Waals surface area contributed by atoms with E-state index in [9.17, 15) is 9.59 Å². The highest BCUT2D eigenvalue weighted by Crippen LogP contribution is 2.29. The van der Waals surface area contributed by atoms with Gasteiger partial charge < -0.3 is 20.7 Å². The van der Waals surface area contributed by atoms with Gasteiger partial charge in [0, 0.05) is 25.4 Å². The lowest BCUT2D eigenvalue weighted by Crippen LogP contribution is -2.46. The first-order valence-electron chi connectivity index (χ1n) is 12.2. The Bertz CT molecular complexity index is 1220. The van der Waals surface area contributed by atoms with Crippen LogP contribution in [-0.2, 0) is 20.9 Å². The summed E-state index contributed by atoms with van der Waals surface area (Å²) in [6.45, 7) is 9.06. The highest BCUT2D eigenvalue weighted by Gasteiger charge is 2.29. The van der Waals surface area contributed by atoms with Crippen molar-refractivity contribution in [2.45, 2.75) is 65.8 Å². The summed E-state index contributed by atoms with van der Waals surface area (Å²) >= 11 is 0. The first-order valence-corrected chi connectivity index (χ1v) is 12.2. The summed E-state index contributed by atoms with van der Waals surface area (Å²) in [5.41, 5.74) is 8.99. The molecule has 3 N–H and O–H groups in total. The Morgan fingerprint density at radius 3 is 2.71 bits per heavy atom. The van der Waals surface area contributed by atoms with Gasteiger partial charge in [-0.2, -0.15) is 5.10 Å². The summed E-state index contributed by atoms with van der Waals surface area (Å²) in [6.07, 6.45) is 5.98. The smallest absolute Gasteiger partial charge is 0.314 e. The molecular formula is C26H34N6O3. The van der Waals surface area contributed by atoms with Crippen LogP contribution in [0.15, 0.2) is 36.7 Å². The number of hydrogen-bond acceptors (Lipinski definition) is 6. The molecule has 1 saturated heterocycles. The molecule has 0 aliphatic carbocycles. The zero-order valence-corrected chi connectivity index (χ0v) is 20.8. The minimum Gasteiger partial charge on any atom is -0.383 e. The van der Waals surface area contributed by atoms with Crippen molar-refractivity contribution in [1.29, 1.82) is 0 Å². The highest BCUT2D eigenvalue weighted by atomic mass is 16.5. The molecule has 9 heteroatoms. The van der Waals surface area contributed by atoms with E-state index in [0.717, 1.165) is 30.4 Å². The van der Waals surface area contributed by atoms with E-state index in [1.807, 2.05) is 52.0 Å². The summed E-state index contributed by atoms with van der Waals surface area (Å²) in [6, 6.07) is 7.74. The van der Waals surface area contributed by atoms with Gasteiger partial charge in [0.1, 0.15) is 17.6 Å². The van der Waals surface area contributed by atoms with E-state index in [2.05, 4.69) is 15.4 Å². The number of anilines is 2. The van der Waals surface area contributed by atoms with Crippen LogP contribution >= 0.6 is 0 Å². The number of pyridine rings is 1. The summed E-state index contributed by atoms with van der Waals surface area (Å²) in [5.74, 6) is -0.857. The Labute approximate surface area is 205 Å². The molecule has 2 amide bonds. The predicted molar refractivity (Wildman–Crippen MR) is 135 cm³/mol. The third kappa shape index (κ3) is 5.30. The summed E-state index contributed by atoms with van der Waals surface area (Å²) in [4.78, 5) is 32.4. The number of nitrogens with two attached hydrogens (primary N) is 1. The van der Waals surface area contributed by atoms with Crippen LogP contribution < -0.4 is 11.1 Å². The second kappa shape index (κ2) is 10.4. The number of hydrogen-bond donors (Lipinski definition) is 2. The second-order valence-corrected chi connectivity index (χ2v) is 9.55. The number of amides is 2. The molecule has 0 spiro atoms. The normalized spacial score (nSPS) is 16.9. The van der Waals surface area contributed by atoms with Crippen LogP contribution in [0.1, 0.15) is 57.4 Å². The van der Waals surface area contributed by atoms with Gasteiger partial charge in [0.05, 0.1) is 17.3 Å². The molecule has 0 bridgehead atoms. The number of aryl methyl sites for hydroxylation is 1. The molecule has 4 rings (SSSR count). The number of carbonyl (C=O) groups excluding carboxylic acids is 2. The van der Waals surface area contributed by atoms with Crippen molar-refractivity contribution in [2.24, 2.45) is 5.92 Å². The van der Waals surface area contributed by atoms with Gasteiger partial charge in [0.2, 0.25) is 0 Å². The van der Waals surface area contributed by atoms with Gasteiger partial charge in [-0.05, 0) is 50.2 Å². The highest BCUT2D eigenvalue weighted by molar-refractivity contribution is 6.40. The van der Waals surface area contributed by atoms with Crippen molar-refractivity contribution < 1.29 is 14.3 Å². The molecule has 2 atom stereocenters. The predicted octanol–water partition coefficient (Wildman–Crippen LogP) is 4.03. The van der Waals surface area contributed by atoms with Crippen LogP contribution in [0.25, 0.3) is 10.9 Å². The SMILES string of the molecule is Cc1ccccc1CN(C(=O)C(=O)Nc1cnc(N)c2cn(C3CCCCO3)nc12)[C@H](C)C(C)C. The summed E-state index contributed by atoms with van der Waals surface area (Å²) in [5, 5.41) is 7.98. The first-order chi connectivity index (χ1) is 16.8. The number of carbonyl (C=O) groups is 2. The van der Waals surface area contributed by atoms with E-state index in [1.165, 1.54) is 6.20 Å². The lowest BCUT2D eigenvalue weighted by atomic mass is 10.0. The maximum atomic E-state index is 13.4. The third-order valence-electron chi connectivity index (χ3n) is 6.81. The van der Waals surface area contributed by atoms with Crippen LogP contribution in [0, 0.1) is 12.8 Å². The average molecular weight is 479 g/mol. The Morgan fingerprint density at radius 1 is 1.26 bits per heavy atom. The van der Waals surface area contributed by atoms with Gasteiger partial charge in [-0.15, -0.1) is 0 Å². The van der Waals surface area contributed by atoms with Gasteiger partial charge >= 0.3 is 11.8 Å². The van der Waals surface area contributed by atoms with Crippen LogP contribution in [0.4, 0.5) is 11.5 Å². The van der Waals surface area contributed by atoms with Gasteiger partial charge in [0.15, 0.2) is 0 Å². The van der Waals surface area contributed by atoms with Crippen LogP contribution in [-0.4, -0.2) is 44.1 Å². The van der Waals surface area contributed by atoms with E-state index in [0.29, 0.717) is 35.6 Å². The molecular weight excluding hydrogens is 444 g/mol. The minimum atomic E-state index is -0.734. The van der Waals surface area contributed by atoms with E-state index in [-0.39, 0.29) is 18.2 Å². The molecule has 1 aliphatic heterocycles. The van der Waals surface area contributed by atoms with Crippen molar-refractivity contribution >= 4 is 34.2 Å². The first kappa shape index (κ1) is 24.7. The zero-order chi connectivity index (χ0) is 25.1. The number of ether oxygens (including phenoxy) is 1.